The number of para-hydroxylation sites is 2. The summed E-state index contributed by atoms with van der Waals surface area (Å²) in [5.74, 6) is -0.510. The minimum atomic E-state index is -0.701. The largest absolute Gasteiger partial charge is 0.355 e. The summed E-state index contributed by atoms with van der Waals surface area (Å²) in [7, 11) is 0. The van der Waals surface area contributed by atoms with Gasteiger partial charge in [0.25, 0.3) is 6.54 Å². The summed E-state index contributed by atoms with van der Waals surface area (Å²) in [4.78, 5) is 21.6. The Morgan fingerprint density at radius 2 is 1.68 bits per heavy atom. The summed E-state index contributed by atoms with van der Waals surface area (Å²) < 4.78 is 0. The van der Waals surface area contributed by atoms with Crippen LogP contribution in [0.15, 0.2) is 54.6 Å². The van der Waals surface area contributed by atoms with Crippen molar-refractivity contribution in [3.63, 3.8) is 0 Å². The number of carbonyl (C=O) groups excluding carboxylic acids is 1. The highest BCUT2D eigenvalue weighted by molar-refractivity contribution is 6.02. The third kappa shape index (κ3) is 3.38. The van der Waals surface area contributed by atoms with Crippen LogP contribution >= 0.6 is 0 Å². The second-order valence-corrected chi connectivity index (χ2v) is 3.95. The van der Waals surface area contributed by atoms with Gasteiger partial charge in [-0.3, -0.25) is 14.9 Å². The van der Waals surface area contributed by atoms with Crippen LogP contribution in [-0.4, -0.2) is 17.3 Å². The van der Waals surface area contributed by atoms with Gasteiger partial charge in [-0.1, -0.05) is 30.3 Å². The quantitative estimate of drug-likeness (QED) is 0.507. The Morgan fingerprint density at radius 3 is 2.37 bits per heavy atom. The van der Waals surface area contributed by atoms with Crippen molar-refractivity contribution in [1.29, 1.82) is 0 Å². The van der Waals surface area contributed by atoms with E-state index in [0.29, 0.717) is 11.3 Å². The zero-order valence-electron chi connectivity index (χ0n) is 10.1. The predicted molar refractivity (Wildman–Crippen MR) is 72.4 cm³/mol. The van der Waals surface area contributed by atoms with E-state index in [1.165, 1.54) is 0 Å². The normalized spacial score (nSPS) is 9.89. The third-order valence-corrected chi connectivity index (χ3v) is 2.55. The zero-order chi connectivity index (χ0) is 13.7. The van der Waals surface area contributed by atoms with Crippen molar-refractivity contribution in [2.24, 2.45) is 0 Å². The van der Waals surface area contributed by atoms with Gasteiger partial charge in [0.2, 0.25) is 5.78 Å². The Balaban J connectivity index is 2.26. The molecule has 0 unspecified atom stereocenters. The molecule has 5 heteroatoms. The van der Waals surface area contributed by atoms with Gasteiger partial charge in [0.05, 0.1) is 0 Å². The first-order valence-corrected chi connectivity index (χ1v) is 5.73. The van der Waals surface area contributed by atoms with Gasteiger partial charge >= 0.3 is 0 Å². The van der Waals surface area contributed by atoms with Crippen LogP contribution in [0.5, 0.6) is 0 Å². The molecule has 0 spiro atoms. The fraction of sp³-hybridized carbons (Fsp3) is 0.0714. The molecule has 2 aromatic rings. The van der Waals surface area contributed by atoms with E-state index in [9.17, 15) is 14.9 Å². The standard InChI is InChI=1S/C14H12N2O3/c17-14(10-16(18)19)12-8-4-5-9-13(12)15-11-6-2-1-3-7-11/h1-9,15H,10H2. The van der Waals surface area contributed by atoms with Gasteiger partial charge in [-0.2, -0.15) is 0 Å². The van der Waals surface area contributed by atoms with Gasteiger partial charge in [-0.15, -0.1) is 0 Å². The van der Waals surface area contributed by atoms with Crippen molar-refractivity contribution in [3.05, 3.63) is 70.3 Å². The van der Waals surface area contributed by atoms with Gasteiger partial charge in [-0.05, 0) is 24.3 Å². The molecule has 0 bridgehead atoms. The van der Waals surface area contributed by atoms with E-state index in [-0.39, 0.29) is 0 Å². The highest BCUT2D eigenvalue weighted by atomic mass is 16.6. The van der Waals surface area contributed by atoms with E-state index in [0.717, 1.165) is 5.69 Å². The van der Waals surface area contributed by atoms with Crippen LogP contribution in [0.25, 0.3) is 0 Å². The number of benzene rings is 2. The summed E-state index contributed by atoms with van der Waals surface area (Å²) in [5, 5.41) is 13.5. The van der Waals surface area contributed by atoms with Crippen LogP contribution in [-0.2, 0) is 0 Å². The SMILES string of the molecule is O=C(C[N+](=O)[O-])c1ccccc1Nc1ccccc1. The van der Waals surface area contributed by atoms with Gasteiger partial charge in [0, 0.05) is 21.9 Å². The smallest absolute Gasteiger partial charge is 0.265 e. The van der Waals surface area contributed by atoms with Crippen molar-refractivity contribution in [2.75, 3.05) is 11.9 Å². The molecule has 0 radical (unpaired) electrons. The summed E-state index contributed by atoms with van der Waals surface area (Å²) in [6, 6.07) is 16.1. The second-order valence-electron chi connectivity index (χ2n) is 3.95. The van der Waals surface area contributed by atoms with Crippen molar-refractivity contribution < 1.29 is 9.72 Å². The Hall–Kier alpha value is -2.69. The fourth-order valence-electron chi connectivity index (χ4n) is 1.71. The van der Waals surface area contributed by atoms with Crippen LogP contribution in [0.4, 0.5) is 11.4 Å². The van der Waals surface area contributed by atoms with Gasteiger partial charge in [0.15, 0.2) is 0 Å². The molecule has 0 fully saturated rings. The van der Waals surface area contributed by atoms with Crippen LogP contribution in [0.3, 0.4) is 0 Å². The van der Waals surface area contributed by atoms with Gasteiger partial charge in [0.1, 0.15) is 0 Å². The molecular weight excluding hydrogens is 244 g/mol. The Morgan fingerprint density at radius 1 is 1.05 bits per heavy atom. The molecule has 2 aromatic carbocycles. The van der Waals surface area contributed by atoms with Gasteiger partial charge in [-0.25, -0.2) is 0 Å². The van der Waals surface area contributed by atoms with Crippen molar-refractivity contribution in [3.8, 4) is 0 Å². The van der Waals surface area contributed by atoms with E-state index >= 15 is 0 Å². The molecular formula is C14H12N2O3. The molecule has 0 heterocycles. The number of hydrogen-bond donors (Lipinski definition) is 1. The average Bonchev–Trinajstić information content (AvgIpc) is 2.39. The molecule has 0 aliphatic carbocycles. The number of hydrogen-bond acceptors (Lipinski definition) is 4. The molecule has 0 atom stereocenters. The number of anilines is 2. The molecule has 0 saturated carbocycles. The molecule has 0 amide bonds. The van der Waals surface area contributed by atoms with E-state index in [1.807, 2.05) is 30.3 Å². The average molecular weight is 256 g/mol. The number of rotatable bonds is 5. The topological polar surface area (TPSA) is 72.2 Å². The van der Waals surface area contributed by atoms with E-state index in [1.54, 1.807) is 24.3 Å². The second kappa shape index (κ2) is 5.77. The van der Waals surface area contributed by atoms with Gasteiger partial charge < -0.3 is 5.32 Å². The highest BCUT2D eigenvalue weighted by Crippen LogP contribution is 2.21. The molecule has 0 aromatic heterocycles. The van der Waals surface area contributed by atoms with Crippen molar-refractivity contribution in [1.82, 2.24) is 0 Å². The number of carbonyl (C=O) groups is 1. The molecule has 2 rings (SSSR count). The maximum atomic E-state index is 11.8. The number of ketones is 1. The summed E-state index contributed by atoms with van der Waals surface area (Å²) in [6.45, 7) is -0.701. The molecule has 19 heavy (non-hydrogen) atoms. The number of nitrogens with zero attached hydrogens (tertiary/aromatic N) is 1. The Labute approximate surface area is 110 Å². The minimum Gasteiger partial charge on any atom is -0.355 e. The Bertz CT molecular complexity index is 597. The van der Waals surface area contributed by atoms with Crippen molar-refractivity contribution in [2.45, 2.75) is 0 Å². The highest BCUT2D eigenvalue weighted by Gasteiger charge is 2.16. The summed E-state index contributed by atoms with van der Waals surface area (Å²) in [5.41, 5.74) is 1.72. The van der Waals surface area contributed by atoms with Crippen LogP contribution < -0.4 is 5.32 Å². The molecule has 1 N–H and O–H groups in total. The van der Waals surface area contributed by atoms with Crippen LogP contribution in [0.2, 0.25) is 0 Å². The van der Waals surface area contributed by atoms with Crippen LogP contribution in [0.1, 0.15) is 10.4 Å². The first kappa shape index (κ1) is 12.8. The first-order valence-electron chi connectivity index (χ1n) is 5.73. The Kier molecular flexibility index (Phi) is 3.87. The summed E-state index contributed by atoms with van der Waals surface area (Å²) in [6.07, 6.45) is 0. The van der Waals surface area contributed by atoms with Crippen molar-refractivity contribution >= 4 is 17.2 Å². The molecule has 96 valence electrons. The lowest BCUT2D eigenvalue weighted by molar-refractivity contribution is -0.465. The maximum Gasteiger partial charge on any atom is 0.265 e. The molecule has 5 nitrogen and oxygen atoms in total. The number of Topliss-reactive ketones (excluding diaryl/α,β-unsaturated/α-hetero) is 1. The lowest BCUT2D eigenvalue weighted by Gasteiger charge is -2.09. The molecule has 0 saturated heterocycles. The first-order chi connectivity index (χ1) is 9.16. The minimum absolute atomic E-state index is 0.322. The number of nitro groups is 1. The molecule has 0 aliphatic heterocycles. The zero-order valence-corrected chi connectivity index (χ0v) is 10.1. The van der Waals surface area contributed by atoms with E-state index in [2.05, 4.69) is 5.32 Å². The summed E-state index contributed by atoms with van der Waals surface area (Å²) >= 11 is 0. The maximum absolute atomic E-state index is 11.8. The lowest BCUT2D eigenvalue weighted by Crippen LogP contribution is -2.15. The fourth-order valence-corrected chi connectivity index (χ4v) is 1.71. The van der Waals surface area contributed by atoms with E-state index < -0.39 is 17.3 Å². The number of nitrogens with one attached hydrogen (secondary N) is 1. The predicted octanol–water partition coefficient (Wildman–Crippen LogP) is 2.89. The lowest BCUT2D eigenvalue weighted by atomic mass is 10.1. The monoisotopic (exact) mass is 256 g/mol. The molecule has 0 aliphatic rings. The van der Waals surface area contributed by atoms with E-state index in [4.69, 9.17) is 0 Å². The van der Waals surface area contributed by atoms with Crippen LogP contribution in [0, 0.1) is 10.1 Å². The third-order valence-electron chi connectivity index (χ3n) is 2.55.